The first-order chi connectivity index (χ1) is 5.20. The van der Waals surface area contributed by atoms with Gasteiger partial charge in [-0.3, -0.25) is 4.90 Å². The number of nitrogens with zero attached hydrogens (tertiary/aromatic N) is 1. The van der Waals surface area contributed by atoms with Crippen molar-refractivity contribution < 1.29 is 5.11 Å². The number of rotatable bonds is 3. The van der Waals surface area contributed by atoms with E-state index in [1.807, 2.05) is 6.92 Å². The first-order valence-corrected chi connectivity index (χ1v) is 4.26. The summed E-state index contributed by atoms with van der Waals surface area (Å²) in [6, 6.07) is 0. The van der Waals surface area contributed by atoms with E-state index in [-0.39, 0.29) is 6.23 Å². The minimum absolute atomic E-state index is 0.186. The van der Waals surface area contributed by atoms with E-state index in [0.29, 0.717) is 0 Å². The number of hydrogen-bond acceptors (Lipinski definition) is 2. The van der Waals surface area contributed by atoms with Crippen LogP contribution in [0, 0.1) is 0 Å². The van der Waals surface area contributed by atoms with Gasteiger partial charge in [-0.1, -0.05) is 5.57 Å². The molecule has 1 fully saturated rings. The molecule has 0 bridgehead atoms. The second kappa shape index (κ2) is 3.88. The van der Waals surface area contributed by atoms with E-state index in [2.05, 4.69) is 11.5 Å². The molecule has 0 spiro atoms. The summed E-state index contributed by atoms with van der Waals surface area (Å²) in [5.74, 6) is 0. The lowest BCUT2D eigenvalue weighted by atomic mass is 10.2. The molecule has 0 amide bonds. The Morgan fingerprint density at radius 2 is 2.45 bits per heavy atom. The Labute approximate surface area is 68.5 Å². The Morgan fingerprint density at radius 3 is 2.91 bits per heavy atom. The van der Waals surface area contributed by atoms with Gasteiger partial charge < -0.3 is 5.11 Å². The maximum atomic E-state index is 9.40. The van der Waals surface area contributed by atoms with Crippen LogP contribution in [-0.4, -0.2) is 29.3 Å². The van der Waals surface area contributed by atoms with E-state index in [9.17, 15) is 5.11 Å². The van der Waals surface area contributed by atoms with Crippen LogP contribution < -0.4 is 0 Å². The molecule has 11 heavy (non-hydrogen) atoms. The van der Waals surface area contributed by atoms with E-state index < -0.39 is 0 Å². The van der Waals surface area contributed by atoms with Crippen LogP contribution in [0.4, 0.5) is 0 Å². The topological polar surface area (TPSA) is 23.5 Å². The smallest absolute Gasteiger partial charge is 0.107 e. The molecule has 0 aromatic carbocycles. The molecule has 0 saturated carbocycles. The molecule has 1 aliphatic heterocycles. The summed E-state index contributed by atoms with van der Waals surface area (Å²) in [4.78, 5) is 2.12. The molecule has 2 heteroatoms. The Hall–Kier alpha value is -0.340. The highest BCUT2D eigenvalue weighted by atomic mass is 16.3. The van der Waals surface area contributed by atoms with Crippen LogP contribution in [-0.2, 0) is 0 Å². The molecule has 1 unspecified atom stereocenters. The summed E-state index contributed by atoms with van der Waals surface area (Å²) in [6.45, 7) is 7.88. The van der Waals surface area contributed by atoms with Crippen molar-refractivity contribution in [3.05, 3.63) is 12.2 Å². The zero-order valence-electron chi connectivity index (χ0n) is 7.21. The van der Waals surface area contributed by atoms with Crippen molar-refractivity contribution in [2.24, 2.45) is 0 Å². The van der Waals surface area contributed by atoms with Crippen molar-refractivity contribution in [1.29, 1.82) is 0 Å². The maximum absolute atomic E-state index is 9.40. The SMILES string of the molecule is C=C(C)CCN1CCCC1O. The monoisotopic (exact) mass is 155 g/mol. The van der Waals surface area contributed by atoms with Gasteiger partial charge in [0, 0.05) is 13.1 Å². The molecule has 1 rings (SSSR count). The summed E-state index contributed by atoms with van der Waals surface area (Å²) < 4.78 is 0. The van der Waals surface area contributed by atoms with Gasteiger partial charge in [0.25, 0.3) is 0 Å². The fourth-order valence-corrected chi connectivity index (χ4v) is 1.40. The van der Waals surface area contributed by atoms with Gasteiger partial charge in [0.1, 0.15) is 6.23 Å². The van der Waals surface area contributed by atoms with Crippen molar-refractivity contribution in [3.63, 3.8) is 0 Å². The van der Waals surface area contributed by atoms with E-state index in [0.717, 1.165) is 32.4 Å². The van der Waals surface area contributed by atoms with Crippen LogP contribution >= 0.6 is 0 Å². The van der Waals surface area contributed by atoms with E-state index in [4.69, 9.17) is 0 Å². The zero-order chi connectivity index (χ0) is 8.27. The third-order valence-corrected chi connectivity index (χ3v) is 2.15. The molecular weight excluding hydrogens is 138 g/mol. The minimum Gasteiger partial charge on any atom is -0.378 e. The van der Waals surface area contributed by atoms with Gasteiger partial charge in [-0.2, -0.15) is 0 Å². The quantitative estimate of drug-likeness (QED) is 0.622. The van der Waals surface area contributed by atoms with Crippen LogP contribution in [0.15, 0.2) is 12.2 Å². The van der Waals surface area contributed by atoms with Gasteiger partial charge in [-0.25, -0.2) is 0 Å². The molecule has 0 aromatic heterocycles. The Morgan fingerprint density at radius 1 is 1.73 bits per heavy atom. The predicted octanol–water partition coefficient (Wildman–Crippen LogP) is 1.37. The third-order valence-electron chi connectivity index (χ3n) is 2.15. The molecule has 64 valence electrons. The van der Waals surface area contributed by atoms with Gasteiger partial charge >= 0.3 is 0 Å². The summed E-state index contributed by atoms with van der Waals surface area (Å²) in [6.07, 6.45) is 2.90. The largest absolute Gasteiger partial charge is 0.378 e. The molecule has 0 aromatic rings. The molecule has 0 radical (unpaired) electrons. The van der Waals surface area contributed by atoms with Crippen molar-refractivity contribution >= 4 is 0 Å². The van der Waals surface area contributed by atoms with Crippen LogP contribution in [0.1, 0.15) is 26.2 Å². The Bertz CT molecular complexity index is 144. The van der Waals surface area contributed by atoms with Crippen molar-refractivity contribution in [1.82, 2.24) is 4.90 Å². The molecule has 0 aliphatic carbocycles. The minimum atomic E-state index is -0.186. The van der Waals surface area contributed by atoms with Crippen molar-refractivity contribution in [2.45, 2.75) is 32.4 Å². The predicted molar refractivity (Wildman–Crippen MR) is 46.2 cm³/mol. The first-order valence-electron chi connectivity index (χ1n) is 4.26. The number of aliphatic hydroxyl groups excluding tert-OH is 1. The van der Waals surface area contributed by atoms with E-state index >= 15 is 0 Å². The molecule has 1 atom stereocenters. The zero-order valence-corrected chi connectivity index (χ0v) is 7.21. The summed E-state index contributed by atoms with van der Waals surface area (Å²) >= 11 is 0. The standard InChI is InChI=1S/C9H17NO/c1-8(2)5-7-10-6-3-4-9(10)11/h9,11H,1,3-7H2,2H3. The summed E-state index contributed by atoms with van der Waals surface area (Å²) in [5.41, 5.74) is 1.20. The average molecular weight is 155 g/mol. The first kappa shape index (κ1) is 8.75. The highest BCUT2D eigenvalue weighted by Crippen LogP contribution is 2.15. The molecule has 1 N–H and O–H groups in total. The summed E-state index contributed by atoms with van der Waals surface area (Å²) in [5, 5.41) is 9.40. The number of aliphatic hydroxyl groups is 1. The second-order valence-electron chi connectivity index (χ2n) is 3.37. The molecule has 2 nitrogen and oxygen atoms in total. The number of hydrogen-bond donors (Lipinski definition) is 1. The van der Waals surface area contributed by atoms with E-state index in [1.165, 1.54) is 5.57 Å². The fourth-order valence-electron chi connectivity index (χ4n) is 1.40. The van der Waals surface area contributed by atoms with Crippen LogP contribution in [0.5, 0.6) is 0 Å². The average Bonchev–Trinajstić information content (AvgIpc) is 2.31. The van der Waals surface area contributed by atoms with Gasteiger partial charge in [-0.05, 0) is 26.2 Å². The normalized spacial score (nSPS) is 25.8. The van der Waals surface area contributed by atoms with Gasteiger partial charge in [0.05, 0.1) is 0 Å². The van der Waals surface area contributed by atoms with Crippen molar-refractivity contribution in [2.75, 3.05) is 13.1 Å². The molecule has 1 saturated heterocycles. The highest BCUT2D eigenvalue weighted by molar-refractivity contribution is 4.89. The van der Waals surface area contributed by atoms with Gasteiger partial charge in [-0.15, -0.1) is 6.58 Å². The van der Waals surface area contributed by atoms with Gasteiger partial charge in [0.2, 0.25) is 0 Å². The maximum Gasteiger partial charge on any atom is 0.107 e. The van der Waals surface area contributed by atoms with Crippen molar-refractivity contribution in [3.8, 4) is 0 Å². The fraction of sp³-hybridized carbons (Fsp3) is 0.778. The van der Waals surface area contributed by atoms with Gasteiger partial charge in [0.15, 0.2) is 0 Å². The lowest BCUT2D eigenvalue weighted by molar-refractivity contribution is 0.0392. The molecule has 1 aliphatic rings. The second-order valence-corrected chi connectivity index (χ2v) is 3.37. The Balaban J connectivity index is 2.20. The van der Waals surface area contributed by atoms with Crippen LogP contribution in [0.3, 0.4) is 0 Å². The molecular formula is C9H17NO. The van der Waals surface area contributed by atoms with E-state index in [1.54, 1.807) is 0 Å². The lowest BCUT2D eigenvalue weighted by Gasteiger charge is -2.19. The highest BCUT2D eigenvalue weighted by Gasteiger charge is 2.20. The lowest BCUT2D eigenvalue weighted by Crippen LogP contribution is -2.29. The van der Waals surface area contributed by atoms with Crippen LogP contribution in [0.25, 0.3) is 0 Å². The summed E-state index contributed by atoms with van der Waals surface area (Å²) in [7, 11) is 0. The molecule has 1 heterocycles. The van der Waals surface area contributed by atoms with Crippen LogP contribution in [0.2, 0.25) is 0 Å². The number of likely N-dealkylation sites (tertiary alicyclic amines) is 1. The Kier molecular flexibility index (Phi) is 3.09. The third kappa shape index (κ3) is 2.64.